The minimum absolute atomic E-state index is 0.0183. The maximum absolute atomic E-state index is 15.6. The molecular weight excluding hydrogens is 481 g/mol. The largest absolute Gasteiger partial charge is 0.491 e. The second-order valence-electron chi connectivity index (χ2n) is 8.26. The van der Waals surface area contributed by atoms with E-state index in [1.54, 1.807) is 43.6 Å². The normalized spacial score (nSPS) is 11.7. The number of nitro groups is 1. The van der Waals surface area contributed by atoms with Gasteiger partial charge < -0.3 is 19.2 Å². The third-order valence-corrected chi connectivity index (χ3v) is 5.80. The van der Waals surface area contributed by atoms with Gasteiger partial charge in [-0.1, -0.05) is 42.5 Å². The van der Waals surface area contributed by atoms with E-state index in [-0.39, 0.29) is 17.9 Å². The van der Waals surface area contributed by atoms with E-state index in [4.69, 9.17) is 14.2 Å². The van der Waals surface area contributed by atoms with E-state index in [2.05, 4.69) is 10.3 Å². The Morgan fingerprint density at radius 2 is 1.89 bits per heavy atom. The molecule has 4 aromatic rings. The first-order chi connectivity index (χ1) is 18.0. The summed E-state index contributed by atoms with van der Waals surface area (Å²) in [7, 11) is 1.58. The summed E-state index contributed by atoms with van der Waals surface area (Å²) < 4.78 is 31.4. The van der Waals surface area contributed by atoms with Crippen molar-refractivity contribution in [2.24, 2.45) is 0 Å². The van der Waals surface area contributed by atoms with E-state index < -0.39 is 29.3 Å². The van der Waals surface area contributed by atoms with Crippen LogP contribution >= 0.6 is 0 Å². The lowest BCUT2D eigenvalue weighted by Crippen LogP contribution is -2.18. The fraction of sp³-hybridized carbons (Fsp3) is 0.222. The summed E-state index contributed by atoms with van der Waals surface area (Å²) in [5, 5.41) is 14.7. The van der Waals surface area contributed by atoms with Gasteiger partial charge in [0.1, 0.15) is 19.0 Å². The highest BCUT2D eigenvalue weighted by atomic mass is 19.1. The van der Waals surface area contributed by atoms with Crippen LogP contribution < -0.4 is 10.1 Å². The first kappa shape index (κ1) is 25.6. The van der Waals surface area contributed by atoms with E-state index in [0.717, 1.165) is 5.56 Å². The Morgan fingerprint density at radius 3 is 2.65 bits per heavy atom. The molecule has 0 saturated heterocycles. The Hall–Kier alpha value is -4.44. The van der Waals surface area contributed by atoms with E-state index in [1.165, 1.54) is 18.2 Å². The topological polar surface area (TPSA) is 116 Å². The number of anilines is 1. The van der Waals surface area contributed by atoms with Crippen LogP contribution in [0.1, 0.15) is 22.6 Å². The van der Waals surface area contributed by atoms with Gasteiger partial charge >= 0.3 is 6.09 Å². The fourth-order valence-corrected chi connectivity index (χ4v) is 4.05. The molecule has 0 aliphatic carbocycles. The van der Waals surface area contributed by atoms with E-state index in [1.807, 2.05) is 18.2 Å². The lowest BCUT2D eigenvalue weighted by Gasteiger charge is -2.16. The van der Waals surface area contributed by atoms with Crippen LogP contribution in [0.25, 0.3) is 10.9 Å². The smallest absolute Gasteiger partial charge is 0.412 e. The van der Waals surface area contributed by atoms with Gasteiger partial charge in [0.25, 0.3) is 0 Å². The third kappa shape index (κ3) is 6.42. The predicted molar refractivity (Wildman–Crippen MR) is 136 cm³/mol. The Balaban J connectivity index is 1.58. The van der Waals surface area contributed by atoms with Crippen molar-refractivity contribution in [3.05, 3.63) is 106 Å². The molecule has 1 atom stereocenters. The van der Waals surface area contributed by atoms with Crippen LogP contribution in [0.4, 0.5) is 14.9 Å². The van der Waals surface area contributed by atoms with Crippen molar-refractivity contribution < 1.29 is 28.3 Å². The Labute approximate surface area is 212 Å². The zero-order chi connectivity index (χ0) is 26.2. The van der Waals surface area contributed by atoms with Gasteiger partial charge in [0, 0.05) is 40.8 Å². The zero-order valence-corrected chi connectivity index (χ0v) is 20.1. The predicted octanol–water partition coefficient (Wildman–Crippen LogP) is 5.49. The van der Waals surface area contributed by atoms with Crippen LogP contribution in [0, 0.1) is 15.9 Å². The number of amides is 1. The summed E-state index contributed by atoms with van der Waals surface area (Å²) in [4.78, 5) is 26.5. The number of methoxy groups -OCH3 is 1. The molecule has 0 aliphatic rings. The Bertz CT molecular complexity index is 1380. The number of nitrogens with one attached hydrogen (secondary N) is 2. The highest BCUT2D eigenvalue weighted by Gasteiger charge is 2.27. The number of aromatic nitrogens is 1. The Kier molecular flexibility index (Phi) is 8.32. The van der Waals surface area contributed by atoms with Gasteiger partial charge in [-0.2, -0.15) is 0 Å². The average Bonchev–Trinajstić information content (AvgIpc) is 3.31. The summed E-state index contributed by atoms with van der Waals surface area (Å²) in [5.41, 5.74) is 1.98. The quantitative estimate of drug-likeness (QED) is 0.158. The fourth-order valence-electron chi connectivity index (χ4n) is 4.05. The second kappa shape index (κ2) is 12.0. The van der Waals surface area contributed by atoms with Crippen LogP contribution in [0.15, 0.2) is 72.9 Å². The number of fused-ring (bicyclic) bond motifs is 1. The van der Waals surface area contributed by atoms with Crippen LogP contribution in [0.2, 0.25) is 0 Å². The number of carbonyl (C=O) groups is 1. The number of nitrogens with zero attached hydrogens (tertiary/aromatic N) is 1. The van der Waals surface area contributed by atoms with Crippen molar-refractivity contribution in [1.82, 2.24) is 4.98 Å². The third-order valence-electron chi connectivity index (χ3n) is 5.80. The molecule has 9 nitrogen and oxygen atoms in total. The summed E-state index contributed by atoms with van der Waals surface area (Å²) in [6.45, 7) is 0.281. The number of H-pyrrole nitrogens is 1. The summed E-state index contributed by atoms with van der Waals surface area (Å²) in [5.74, 6) is -1.07. The van der Waals surface area contributed by atoms with Gasteiger partial charge in [0.2, 0.25) is 6.54 Å². The number of hydrogen-bond donors (Lipinski definition) is 2. The van der Waals surface area contributed by atoms with Crippen molar-refractivity contribution in [3.8, 4) is 5.75 Å². The van der Waals surface area contributed by atoms with Gasteiger partial charge in [0.15, 0.2) is 5.82 Å². The molecule has 37 heavy (non-hydrogen) atoms. The van der Waals surface area contributed by atoms with Crippen LogP contribution in [0.3, 0.4) is 0 Å². The first-order valence-corrected chi connectivity index (χ1v) is 11.6. The van der Waals surface area contributed by atoms with E-state index in [0.29, 0.717) is 35.4 Å². The molecular formula is C27H26FN3O6. The SMILES string of the molecule is COCCOc1ccc2c(C(C[N+](=O)[O-])c3cccc(NC(=O)OCc4ccccc4)c3F)c[nH]c2c1. The molecule has 1 amide bonds. The first-order valence-electron chi connectivity index (χ1n) is 11.6. The lowest BCUT2D eigenvalue weighted by atomic mass is 9.90. The molecule has 3 aromatic carbocycles. The molecule has 0 aliphatic heterocycles. The Morgan fingerprint density at radius 1 is 1.08 bits per heavy atom. The summed E-state index contributed by atoms with van der Waals surface area (Å²) >= 11 is 0. The van der Waals surface area contributed by atoms with Crippen molar-refractivity contribution in [3.63, 3.8) is 0 Å². The molecule has 192 valence electrons. The monoisotopic (exact) mass is 507 g/mol. The number of benzene rings is 3. The number of carbonyl (C=O) groups excluding carboxylic acids is 1. The number of hydrogen-bond acceptors (Lipinski definition) is 6. The van der Waals surface area contributed by atoms with Crippen LogP contribution in [0.5, 0.6) is 5.75 Å². The van der Waals surface area contributed by atoms with Crippen LogP contribution in [-0.2, 0) is 16.1 Å². The van der Waals surface area contributed by atoms with Crippen LogP contribution in [-0.4, -0.2) is 42.9 Å². The second-order valence-corrected chi connectivity index (χ2v) is 8.26. The molecule has 4 rings (SSSR count). The molecule has 0 saturated carbocycles. The molecule has 1 unspecified atom stereocenters. The molecule has 0 radical (unpaired) electrons. The number of aromatic amines is 1. The van der Waals surface area contributed by atoms with Gasteiger partial charge in [-0.3, -0.25) is 15.4 Å². The molecule has 2 N–H and O–H groups in total. The lowest BCUT2D eigenvalue weighted by molar-refractivity contribution is -0.481. The van der Waals surface area contributed by atoms with Gasteiger partial charge in [-0.15, -0.1) is 0 Å². The zero-order valence-electron chi connectivity index (χ0n) is 20.1. The van der Waals surface area contributed by atoms with E-state index in [9.17, 15) is 14.9 Å². The molecule has 1 aromatic heterocycles. The van der Waals surface area contributed by atoms with Gasteiger partial charge in [-0.05, 0) is 29.3 Å². The maximum atomic E-state index is 15.6. The molecule has 10 heteroatoms. The van der Waals surface area contributed by atoms with Crippen molar-refractivity contribution >= 4 is 22.7 Å². The highest BCUT2D eigenvalue weighted by molar-refractivity contribution is 5.86. The maximum Gasteiger partial charge on any atom is 0.412 e. The number of rotatable bonds is 11. The minimum Gasteiger partial charge on any atom is -0.491 e. The van der Waals surface area contributed by atoms with E-state index >= 15 is 4.39 Å². The molecule has 0 bridgehead atoms. The molecule has 0 spiro atoms. The van der Waals surface area contributed by atoms with Crippen molar-refractivity contribution in [2.75, 3.05) is 32.2 Å². The van der Waals surface area contributed by atoms with Gasteiger partial charge in [0.05, 0.1) is 18.2 Å². The minimum atomic E-state index is -0.911. The van der Waals surface area contributed by atoms with Crippen molar-refractivity contribution in [1.29, 1.82) is 0 Å². The molecule has 1 heterocycles. The number of ether oxygens (including phenoxy) is 3. The molecule has 0 fully saturated rings. The van der Waals surface area contributed by atoms with Gasteiger partial charge in [-0.25, -0.2) is 9.18 Å². The summed E-state index contributed by atoms with van der Waals surface area (Å²) in [6.07, 6.45) is 0.796. The summed E-state index contributed by atoms with van der Waals surface area (Å²) in [6, 6.07) is 18.8. The average molecular weight is 508 g/mol. The highest BCUT2D eigenvalue weighted by Crippen LogP contribution is 2.35. The standard InChI is InChI=1S/C27H26FN3O6/c1-35-12-13-36-19-10-11-20-22(15-29-25(20)14-19)23(16-31(33)34)21-8-5-9-24(26(21)28)30-27(32)37-17-18-6-3-2-4-7-18/h2-11,14-15,23,29H,12-13,16-17H2,1H3,(H,30,32). The van der Waals surface area contributed by atoms with Crippen molar-refractivity contribution in [2.45, 2.75) is 12.5 Å². The number of halogens is 1.